The molecule has 0 aromatic heterocycles. The highest BCUT2D eigenvalue weighted by Gasteiger charge is 2.28. The van der Waals surface area contributed by atoms with Gasteiger partial charge in [-0.05, 0) is 48.4 Å². The fourth-order valence-corrected chi connectivity index (χ4v) is 5.16. The topological polar surface area (TPSA) is 91.1 Å². The van der Waals surface area contributed by atoms with Crippen LogP contribution in [0.25, 0.3) is 0 Å². The number of hydrogen-bond donors (Lipinski definition) is 2. The molecule has 0 bridgehead atoms. The van der Waals surface area contributed by atoms with E-state index >= 15 is 0 Å². The van der Waals surface area contributed by atoms with Gasteiger partial charge in [-0.1, -0.05) is 12.1 Å². The first-order valence-electron chi connectivity index (χ1n) is 12.2. The minimum atomic E-state index is -0.230. The summed E-state index contributed by atoms with van der Waals surface area (Å²) >= 11 is 0. The van der Waals surface area contributed by atoms with Crippen molar-refractivity contribution >= 4 is 28.9 Å². The van der Waals surface area contributed by atoms with Gasteiger partial charge in [0.2, 0.25) is 11.8 Å². The third kappa shape index (κ3) is 5.18. The first-order chi connectivity index (χ1) is 16.5. The van der Waals surface area contributed by atoms with E-state index in [1.807, 2.05) is 24.3 Å². The third-order valence-electron chi connectivity index (χ3n) is 7.13. The normalized spacial score (nSPS) is 24.2. The number of carbonyl (C=O) groups excluding carboxylic acids is 2. The lowest BCUT2D eigenvalue weighted by Gasteiger charge is -2.40. The zero-order chi connectivity index (χ0) is 23.5. The molecule has 0 saturated carbocycles. The maximum atomic E-state index is 12.1. The quantitative estimate of drug-likeness (QED) is 0.516. The highest BCUT2D eigenvalue weighted by molar-refractivity contribution is 6.00. The second kappa shape index (κ2) is 10.0. The van der Waals surface area contributed by atoms with Gasteiger partial charge in [-0.25, -0.2) is 0 Å². The number of ether oxygens (including phenoxy) is 1. The number of carbonyl (C=O) groups is 2. The third-order valence-corrected chi connectivity index (χ3v) is 7.13. The van der Waals surface area contributed by atoms with E-state index in [1.54, 1.807) is 0 Å². The SMILES string of the molecule is Nc1ccc(N2CCO[C@@H](CN3CCN(c4ccc(C5CCC(=O)NC5=O)cc4)CC3)C2)cc1. The van der Waals surface area contributed by atoms with Crippen LogP contribution in [0.2, 0.25) is 0 Å². The van der Waals surface area contributed by atoms with Crippen LogP contribution >= 0.6 is 0 Å². The molecule has 8 heteroatoms. The van der Waals surface area contributed by atoms with Crippen LogP contribution in [0.1, 0.15) is 24.3 Å². The van der Waals surface area contributed by atoms with Crippen molar-refractivity contribution < 1.29 is 14.3 Å². The van der Waals surface area contributed by atoms with Gasteiger partial charge in [0.05, 0.1) is 18.6 Å². The van der Waals surface area contributed by atoms with Crippen molar-refractivity contribution in [3.8, 4) is 0 Å². The summed E-state index contributed by atoms with van der Waals surface area (Å²) in [5.74, 6) is -0.586. The average Bonchev–Trinajstić information content (AvgIpc) is 2.85. The lowest BCUT2D eigenvalue weighted by Crippen LogP contribution is -2.52. The van der Waals surface area contributed by atoms with Crippen LogP contribution in [0, 0.1) is 0 Å². The Labute approximate surface area is 200 Å². The van der Waals surface area contributed by atoms with Crippen LogP contribution in [0.5, 0.6) is 0 Å². The van der Waals surface area contributed by atoms with Crippen molar-refractivity contribution in [1.82, 2.24) is 10.2 Å². The molecule has 0 aliphatic carbocycles. The largest absolute Gasteiger partial charge is 0.399 e. The highest BCUT2D eigenvalue weighted by Crippen LogP contribution is 2.27. The molecule has 3 heterocycles. The number of amides is 2. The molecule has 180 valence electrons. The van der Waals surface area contributed by atoms with Crippen molar-refractivity contribution in [1.29, 1.82) is 0 Å². The van der Waals surface area contributed by atoms with E-state index in [-0.39, 0.29) is 23.8 Å². The summed E-state index contributed by atoms with van der Waals surface area (Å²) in [6.07, 6.45) is 1.19. The lowest BCUT2D eigenvalue weighted by molar-refractivity contribution is -0.134. The number of imide groups is 1. The van der Waals surface area contributed by atoms with Crippen molar-refractivity contribution in [2.45, 2.75) is 24.9 Å². The van der Waals surface area contributed by atoms with Crippen molar-refractivity contribution in [3.63, 3.8) is 0 Å². The number of anilines is 3. The molecule has 0 spiro atoms. The molecule has 3 aliphatic rings. The number of nitrogens with two attached hydrogens (primary N) is 1. The monoisotopic (exact) mass is 463 g/mol. The molecule has 2 amide bonds. The number of rotatable bonds is 5. The number of hydrogen-bond acceptors (Lipinski definition) is 7. The summed E-state index contributed by atoms with van der Waals surface area (Å²) in [6.45, 7) is 7.41. The van der Waals surface area contributed by atoms with Crippen molar-refractivity contribution in [2.75, 3.05) is 68.0 Å². The summed E-state index contributed by atoms with van der Waals surface area (Å²) in [6, 6.07) is 16.3. The maximum Gasteiger partial charge on any atom is 0.234 e. The second-order valence-corrected chi connectivity index (χ2v) is 9.41. The first kappa shape index (κ1) is 22.7. The van der Waals surface area contributed by atoms with Gasteiger partial charge in [0.25, 0.3) is 0 Å². The van der Waals surface area contributed by atoms with E-state index in [0.29, 0.717) is 12.8 Å². The molecule has 34 heavy (non-hydrogen) atoms. The van der Waals surface area contributed by atoms with E-state index in [4.69, 9.17) is 10.5 Å². The van der Waals surface area contributed by atoms with E-state index in [1.165, 1.54) is 11.4 Å². The molecular formula is C26H33N5O3. The minimum Gasteiger partial charge on any atom is -0.399 e. The molecule has 3 aliphatic heterocycles. The Bertz CT molecular complexity index is 1000. The summed E-state index contributed by atoms with van der Waals surface area (Å²) in [4.78, 5) is 30.8. The van der Waals surface area contributed by atoms with Crippen LogP contribution in [-0.2, 0) is 14.3 Å². The predicted molar refractivity (Wildman–Crippen MR) is 133 cm³/mol. The van der Waals surface area contributed by atoms with E-state index in [9.17, 15) is 9.59 Å². The van der Waals surface area contributed by atoms with E-state index < -0.39 is 0 Å². The average molecular weight is 464 g/mol. The Morgan fingerprint density at radius 3 is 2.26 bits per heavy atom. The van der Waals surface area contributed by atoms with Gasteiger partial charge in [0, 0.05) is 69.3 Å². The summed E-state index contributed by atoms with van der Waals surface area (Å²) < 4.78 is 6.08. The molecule has 0 radical (unpaired) electrons. The van der Waals surface area contributed by atoms with Crippen molar-refractivity contribution in [2.24, 2.45) is 0 Å². The van der Waals surface area contributed by atoms with Gasteiger partial charge in [-0.2, -0.15) is 0 Å². The molecule has 2 atom stereocenters. The zero-order valence-electron chi connectivity index (χ0n) is 19.5. The Morgan fingerprint density at radius 2 is 1.56 bits per heavy atom. The molecule has 3 fully saturated rings. The van der Waals surface area contributed by atoms with Gasteiger partial charge in [0.15, 0.2) is 0 Å². The molecule has 2 aromatic rings. The molecule has 8 nitrogen and oxygen atoms in total. The molecule has 1 unspecified atom stereocenters. The number of morpholine rings is 1. The fraction of sp³-hybridized carbons (Fsp3) is 0.462. The fourth-order valence-electron chi connectivity index (χ4n) is 5.16. The number of nitrogen functional groups attached to an aromatic ring is 1. The van der Waals surface area contributed by atoms with Crippen LogP contribution in [-0.4, -0.2) is 75.2 Å². The molecular weight excluding hydrogens is 430 g/mol. The van der Waals surface area contributed by atoms with Gasteiger partial charge in [-0.15, -0.1) is 0 Å². The Hall–Kier alpha value is -3.10. The van der Waals surface area contributed by atoms with Crippen LogP contribution < -0.4 is 20.9 Å². The maximum absolute atomic E-state index is 12.1. The predicted octanol–water partition coefficient (Wildman–Crippen LogP) is 1.82. The smallest absolute Gasteiger partial charge is 0.234 e. The lowest BCUT2D eigenvalue weighted by atomic mass is 9.90. The summed E-state index contributed by atoms with van der Waals surface area (Å²) in [5.41, 5.74) is 9.98. The van der Waals surface area contributed by atoms with E-state index in [2.05, 4.69) is 44.3 Å². The zero-order valence-corrected chi connectivity index (χ0v) is 19.5. The standard InChI is InChI=1S/C26H33N5O3/c27-20-3-7-22(8-4-20)31-15-16-34-23(18-31)17-29-11-13-30(14-12-29)21-5-1-19(2-6-21)24-9-10-25(32)28-26(24)33/h1-8,23-24H,9-18,27H2,(H,28,32,33)/t23-,24?/m0/s1. The number of benzene rings is 2. The van der Waals surface area contributed by atoms with E-state index in [0.717, 1.165) is 63.7 Å². The second-order valence-electron chi connectivity index (χ2n) is 9.41. The molecule has 3 saturated heterocycles. The van der Waals surface area contributed by atoms with Crippen LogP contribution in [0.3, 0.4) is 0 Å². The number of piperidine rings is 1. The molecule has 5 rings (SSSR count). The van der Waals surface area contributed by atoms with Gasteiger partial charge in [0.1, 0.15) is 0 Å². The van der Waals surface area contributed by atoms with Crippen LogP contribution in [0.15, 0.2) is 48.5 Å². The Kier molecular flexibility index (Phi) is 6.69. The Morgan fingerprint density at radius 1 is 0.882 bits per heavy atom. The first-order valence-corrected chi connectivity index (χ1v) is 12.2. The number of nitrogens with one attached hydrogen (secondary N) is 1. The number of piperazine rings is 1. The van der Waals surface area contributed by atoms with Gasteiger partial charge in [-0.3, -0.25) is 19.8 Å². The van der Waals surface area contributed by atoms with Crippen molar-refractivity contribution in [3.05, 3.63) is 54.1 Å². The summed E-state index contributed by atoms with van der Waals surface area (Å²) in [5, 5.41) is 2.45. The highest BCUT2D eigenvalue weighted by atomic mass is 16.5. The Balaban J connectivity index is 1.11. The molecule has 3 N–H and O–H groups in total. The summed E-state index contributed by atoms with van der Waals surface area (Å²) in [7, 11) is 0. The minimum absolute atomic E-state index is 0.174. The van der Waals surface area contributed by atoms with Gasteiger partial charge >= 0.3 is 0 Å². The molecule has 2 aromatic carbocycles. The van der Waals surface area contributed by atoms with Gasteiger partial charge < -0.3 is 20.3 Å². The number of nitrogens with zero attached hydrogens (tertiary/aromatic N) is 3. The van der Waals surface area contributed by atoms with Crippen LogP contribution in [0.4, 0.5) is 17.1 Å².